The third kappa shape index (κ3) is 3.42. The van der Waals surface area contributed by atoms with Crippen molar-refractivity contribution in [2.45, 2.75) is 24.6 Å². The number of fused-ring (bicyclic) bond motifs is 1. The Kier molecular flexibility index (Phi) is 5.00. The number of phenolic OH excluding ortho intramolecular Hbond substituents is 3. The summed E-state index contributed by atoms with van der Waals surface area (Å²) in [5.74, 6) is -1.50. The first-order chi connectivity index (χ1) is 14.3. The van der Waals surface area contributed by atoms with Crippen LogP contribution in [0.15, 0.2) is 45.6 Å². The fourth-order valence-electron chi connectivity index (χ4n) is 3.18. The monoisotopic (exact) mass is 418 g/mol. The topological polar surface area (TPSA) is 170 Å². The maximum absolute atomic E-state index is 13.1. The van der Waals surface area contributed by atoms with E-state index in [1.165, 1.54) is 24.3 Å². The number of phenols is 3. The maximum Gasteiger partial charge on any atom is 0.239 e. The highest BCUT2D eigenvalue weighted by atomic mass is 16.7. The summed E-state index contributed by atoms with van der Waals surface area (Å²) < 4.78 is 16.4. The number of rotatable bonds is 3. The molecule has 1 fully saturated rings. The molecule has 10 heteroatoms. The van der Waals surface area contributed by atoms with Gasteiger partial charge in [-0.05, 0) is 24.3 Å². The molecule has 1 aromatic heterocycles. The van der Waals surface area contributed by atoms with E-state index in [1.54, 1.807) is 0 Å². The van der Waals surface area contributed by atoms with E-state index in [4.69, 9.17) is 13.9 Å². The average Bonchev–Trinajstić information content (AvgIpc) is 2.70. The molecule has 0 aliphatic carbocycles. The lowest BCUT2D eigenvalue weighted by Gasteiger charge is -2.34. The Hall–Kier alpha value is -3.31. The zero-order valence-electron chi connectivity index (χ0n) is 15.3. The van der Waals surface area contributed by atoms with Crippen LogP contribution in [0, 0.1) is 0 Å². The molecule has 2 heterocycles. The Morgan fingerprint density at radius 3 is 2.33 bits per heavy atom. The maximum atomic E-state index is 13.1. The molecular formula is C20H18O10. The van der Waals surface area contributed by atoms with Gasteiger partial charge in [0.15, 0.2) is 5.76 Å². The van der Waals surface area contributed by atoms with Crippen LogP contribution in [0.2, 0.25) is 0 Å². The summed E-state index contributed by atoms with van der Waals surface area (Å²) in [6.45, 7) is -0.352. The lowest BCUT2D eigenvalue weighted by atomic mass is 10.1. The second-order valence-electron chi connectivity index (χ2n) is 6.84. The standard InChI is InChI=1S/C20H18O10/c21-9-3-1-8(2-4-9)18-19(30-20-17(27)15(25)12(24)7-28-20)16(26)14-11(23)5-10(22)6-13(14)29-18/h1-6,12,15,17,20-25,27H,7H2/t12?,15?,17-,20?/m1/s1. The quantitative estimate of drug-likeness (QED) is 0.350. The van der Waals surface area contributed by atoms with Gasteiger partial charge in [0.1, 0.15) is 46.5 Å². The zero-order valence-corrected chi connectivity index (χ0v) is 15.3. The van der Waals surface area contributed by atoms with E-state index >= 15 is 0 Å². The van der Waals surface area contributed by atoms with Gasteiger partial charge >= 0.3 is 0 Å². The second-order valence-corrected chi connectivity index (χ2v) is 6.84. The summed E-state index contributed by atoms with van der Waals surface area (Å²) in [5.41, 5.74) is -0.655. The van der Waals surface area contributed by atoms with Crippen LogP contribution < -0.4 is 10.2 Å². The molecule has 1 aliphatic rings. The molecule has 3 aromatic rings. The number of aliphatic hydroxyl groups is 3. The van der Waals surface area contributed by atoms with Gasteiger partial charge in [-0.15, -0.1) is 0 Å². The van der Waals surface area contributed by atoms with Crippen LogP contribution in [-0.2, 0) is 4.74 Å². The Balaban J connectivity index is 1.90. The molecule has 6 N–H and O–H groups in total. The van der Waals surface area contributed by atoms with Crippen molar-refractivity contribution in [3.63, 3.8) is 0 Å². The molecule has 4 atom stereocenters. The van der Waals surface area contributed by atoms with Crippen molar-refractivity contribution in [1.29, 1.82) is 0 Å². The summed E-state index contributed by atoms with van der Waals surface area (Å²) in [7, 11) is 0. The van der Waals surface area contributed by atoms with Crippen molar-refractivity contribution in [2.75, 3.05) is 6.61 Å². The molecule has 0 spiro atoms. The SMILES string of the molecule is O=c1c(OC2OCC(O)C(O)[C@H]2O)c(-c2ccc(O)cc2)oc2cc(O)cc(O)c12. The van der Waals surface area contributed by atoms with Gasteiger partial charge in [0, 0.05) is 17.7 Å². The number of aliphatic hydroxyl groups excluding tert-OH is 3. The van der Waals surface area contributed by atoms with E-state index in [0.717, 1.165) is 12.1 Å². The summed E-state index contributed by atoms with van der Waals surface area (Å²) in [6.07, 6.45) is -6.10. The van der Waals surface area contributed by atoms with Gasteiger partial charge in [-0.2, -0.15) is 0 Å². The summed E-state index contributed by atoms with van der Waals surface area (Å²) in [6, 6.07) is 7.65. The average molecular weight is 418 g/mol. The third-order valence-electron chi connectivity index (χ3n) is 4.74. The van der Waals surface area contributed by atoms with Crippen LogP contribution in [0.25, 0.3) is 22.3 Å². The van der Waals surface area contributed by atoms with Crippen LogP contribution in [0.3, 0.4) is 0 Å². The first-order valence-electron chi connectivity index (χ1n) is 8.91. The lowest BCUT2D eigenvalue weighted by Crippen LogP contribution is -2.55. The number of benzene rings is 2. The minimum absolute atomic E-state index is 0.0391. The van der Waals surface area contributed by atoms with Gasteiger partial charge in [0.05, 0.1) is 6.61 Å². The van der Waals surface area contributed by atoms with Gasteiger partial charge in [-0.1, -0.05) is 0 Å². The summed E-state index contributed by atoms with van der Waals surface area (Å²) in [5, 5.41) is 58.7. The Morgan fingerprint density at radius 1 is 0.933 bits per heavy atom. The van der Waals surface area contributed by atoms with E-state index < -0.39 is 41.5 Å². The van der Waals surface area contributed by atoms with E-state index in [1.807, 2.05) is 0 Å². The van der Waals surface area contributed by atoms with Crippen LogP contribution in [-0.4, -0.2) is 61.8 Å². The van der Waals surface area contributed by atoms with Crippen molar-refractivity contribution in [1.82, 2.24) is 0 Å². The summed E-state index contributed by atoms with van der Waals surface area (Å²) in [4.78, 5) is 13.1. The van der Waals surface area contributed by atoms with E-state index in [-0.39, 0.29) is 34.8 Å². The van der Waals surface area contributed by atoms with Crippen LogP contribution in [0.4, 0.5) is 0 Å². The third-order valence-corrected chi connectivity index (χ3v) is 4.74. The van der Waals surface area contributed by atoms with Gasteiger partial charge < -0.3 is 44.5 Å². The van der Waals surface area contributed by atoms with Crippen molar-refractivity contribution in [3.05, 3.63) is 46.6 Å². The molecule has 0 saturated carbocycles. The van der Waals surface area contributed by atoms with E-state index in [2.05, 4.69) is 0 Å². The Bertz CT molecular complexity index is 1140. The molecule has 1 saturated heterocycles. The number of hydrogen-bond acceptors (Lipinski definition) is 10. The lowest BCUT2D eigenvalue weighted by molar-refractivity contribution is -0.242. The van der Waals surface area contributed by atoms with Crippen molar-refractivity contribution < 1.29 is 44.5 Å². The Labute approximate surface area is 168 Å². The molecular weight excluding hydrogens is 400 g/mol. The van der Waals surface area contributed by atoms with E-state index in [0.29, 0.717) is 5.56 Å². The first-order valence-corrected chi connectivity index (χ1v) is 8.91. The van der Waals surface area contributed by atoms with Gasteiger partial charge in [0.2, 0.25) is 17.5 Å². The second kappa shape index (κ2) is 7.50. The van der Waals surface area contributed by atoms with Crippen LogP contribution >= 0.6 is 0 Å². The molecule has 4 rings (SSSR count). The molecule has 0 radical (unpaired) electrons. The number of aromatic hydroxyl groups is 3. The number of ether oxygens (including phenoxy) is 2. The summed E-state index contributed by atoms with van der Waals surface area (Å²) >= 11 is 0. The molecule has 2 aromatic carbocycles. The van der Waals surface area contributed by atoms with Crippen molar-refractivity contribution in [3.8, 4) is 34.3 Å². The molecule has 0 bridgehead atoms. The Morgan fingerprint density at radius 2 is 1.63 bits per heavy atom. The predicted molar refractivity (Wildman–Crippen MR) is 101 cm³/mol. The van der Waals surface area contributed by atoms with Gasteiger partial charge in [-0.3, -0.25) is 4.79 Å². The fraction of sp³-hybridized carbons (Fsp3) is 0.250. The van der Waals surface area contributed by atoms with Crippen molar-refractivity contribution >= 4 is 11.0 Å². The first kappa shape index (κ1) is 20.0. The highest BCUT2D eigenvalue weighted by Crippen LogP contribution is 2.37. The van der Waals surface area contributed by atoms with Gasteiger partial charge in [-0.25, -0.2) is 0 Å². The van der Waals surface area contributed by atoms with E-state index in [9.17, 15) is 35.4 Å². The molecule has 3 unspecified atom stereocenters. The number of hydrogen-bond donors (Lipinski definition) is 6. The zero-order chi connectivity index (χ0) is 21.6. The smallest absolute Gasteiger partial charge is 0.239 e. The normalized spacial score (nSPS) is 24.1. The van der Waals surface area contributed by atoms with Crippen LogP contribution in [0.1, 0.15) is 0 Å². The highest BCUT2D eigenvalue weighted by molar-refractivity contribution is 5.88. The molecule has 158 valence electrons. The molecule has 0 amide bonds. The predicted octanol–water partition coefficient (Wildman–Crippen LogP) is 0.395. The molecule has 1 aliphatic heterocycles. The molecule has 30 heavy (non-hydrogen) atoms. The van der Waals surface area contributed by atoms with Crippen molar-refractivity contribution in [2.24, 2.45) is 0 Å². The minimum Gasteiger partial charge on any atom is -0.508 e. The fourth-order valence-corrected chi connectivity index (χ4v) is 3.18. The molecule has 10 nitrogen and oxygen atoms in total. The minimum atomic E-state index is -1.68. The largest absolute Gasteiger partial charge is 0.508 e. The highest BCUT2D eigenvalue weighted by Gasteiger charge is 2.40. The van der Waals surface area contributed by atoms with Crippen LogP contribution in [0.5, 0.6) is 23.0 Å². The van der Waals surface area contributed by atoms with Gasteiger partial charge in [0.25, 0.3) is 0 Å².